The van der Waals surface area contributed by atoms with Crippen molar-refractivity contribution in [3.05, 3.63) is 59.9 Å². The molecule has 0 aliphatic carbocycles. The van der Waals surface area contributed by atoms with Gasteiger partial charge in [0.25, 0.3) is 0 Å². The first-order valence-electron chi connectivity index (χ1n) is 9.43. The molecule has 6 nitrogen and oxygen atoms in total. The Bertz CT molecular complexity index is 921. The van der Waals surface area contributed by atoms with Gasteiger partial charge in [-0.05, 0) is 42.2 Å². The van der Waals surface area contributed by atoms with Crippen molar-refractivity contribution in [2.24, 2.45) is 4.99 Å². The zero-order valence-electron chi connectivity index (χ0n) is 17.4. The second-order valence-electron chi connectivity index (χ2n) is 6.64. The zero-order chi connectivity index (χ0) is 21.3. The third kappa shape index (κ3) is 7.75. The van der Waals surface area contributed by atoms with E-state index in [0.717, 1.165) is 18.2 Å². The third-order valence-corrected chi connectivity index (χ3v) is 6.36. The summed E-state index contributed by atoms with van der Waals surface area (Å²) in [5.74, 6) is 0.719. The van der Waals surface area contributed by atoms with Gasteiger partial charge in [-0.15, -0.1) is 24.0 Å². The summed E-state index contributed by atoms with van der Waals surface area (Å²) in [6.07, 6.45) is 0.876. The fourth-order valence-corrected chi connectivity index (χ4v) is 4.08. The van der Waals surface area contributed by atoms with Crippen molar-refractivity contribution in [1.29, 1.82) is 0 Å². The lowest BCUT2D eigenvalue weighted by atomic mass is 9.98. The molecule has 2 N–H and O–H groups in total. The molecule has 0 heterocycles. The van der Waals surface area contributed by atoms with Crippen LogP contribution in [-0.2, 0) is 9.84 Å². The minimum Gasteiger partial charge on any atom is -0.497 e. The smallest absolute Gasteiger partial charge is 0.191 e. The summed E-state index contributed by atoms with van der Waals surface area (Å²) in [5.41, 5.74) is 1.21. The molecule has 0 aliphatic rings. The molecule has 0 saturated heterocycles. The van der Waals surface area contributed by atoms with Crippen molar-refractivity contribution in [2.75, 3.05) is 33.0 Å². The van der Waals surface area contributed by atoms with Crippen molar-refractivity contribution in [3.63, 3.8) is 0 Å². The van der Waals surface area contributed by atoms with Gasteiger partial charge >= 0.3 is 0 Å². The van der Waals surface area contributed by atoms with E-state index >= 15 is 0 Å². The molecule has 9 heteroatoms. The third-order valence-electron chi connectivity index (χ3n) is 4.61. The molecule has 166 valence electrons. The van der Waals surface area contributed by atoms with Crippen LogP contribution in [0.3, 0.4) is 0 Å². The molecule has 0 saturated carbocycles. The number of methoxy groups -OCH3 is 1. The van der Waals surface area contributed by atoms with E-state index in [9.17, 15) is 12.8 Å². The van der Waals surface area contributed by atoms with Crippen LogP contribution in [0, 0.1) is 5.82 Å². The predicted molar refractivity (Wildman–Crippen MR) is 129 cm³/mol. The molecule has 0 radical (unpaired) electrons. The average molecular weight is 549 g/mol. The summed E-state index contributed by atoms with van der Waals surface area (Å²) in [4.78, 5) is 3.82. The highest BCUT2D eigenvalue weighted by Gasteiger charge is 2.18. The first kappa shape index (κ1) is 26.2. The van der Waals surface area contributed by atoms with Crippen LogP contribution in [0.1, 0.15) is 24.8 Å². The molecule has 0 fully saturated rings. The maximum atomic E-state index is 13.7. The maximum Gasteiger partial charge on any atom is 0.191 e. The number of ether oxygens (including phenoxy) is 1. The van der Waals surface area contributed by atoms with Gasteiger partial charge in [-0.2, -0.15) is 0 Å². The quantitative estimate of drug-likeness (QED) is 0.284. The highest BCUT2D eigenvalue weighted by molar-refractivity contribution is 14.0. The molecule has 0 spiro atoms. The number of hydrogen-bond donors (Lipinski definition) is 2. The lowest BCUT2D eigenvalue weighted by Crippen LogP contribution is -2.40. The molecule has 30 heavy (non-hydrogen) atoms. The Morgan fingerprint density at radius 2 is 1.73 bits per heavy atom. The van der Waals surface area contributed by atoms with Gasteiger partial charge in [-0.1, -0.05) is 31.2 Å². The van der Waals surface area contributed by atoms with Crippen LogP contribution in [-0.4, -0.2) is 47.4 Å². The molecule has 0 aliphatic heterocycles. The molecular weight excluding hydrogens is 520 g/mol. The van der Waals surface area contributed by atoms with Gasteiger partial charge in [0.1, 0.15) is 16.5 Å². The highest BCUT2D eigenvalue weighted by Crippen LogP contribution is 2.21. The van der Waals surface area contributed by atoms with E-state index in [4.69, 9.17) is 4.74 Å². The van der Waals surface area contributed by atoms with Crippen molar-refractivity contribution >= 4 is 39.8 Å². The largest absolute Gasteiger partial charge is 0.497 e. The monoisotopic (exact) mass is 549 g/mol. The number of nitrogens with zero attached hydrogens (tertiary/aromatic N) is 1. The molecule has 0 amide bonds. The second kappa shape index (κ2) is 12.7. The Morgan fingerprint density at radius 3 is 2.33 bits per heavy atom. The first-order valence-corrected chi connectivity index (χ1v) is 11.1. The molecule has 1 unspecified atom stereocenters. The van der Waals surface area contributed by atoms with Crippen molar-refractivity contribution < 1.29 is 17.5 Å². The standard InChI is InChI=1S/C21H28FN3O3S.HI/c1-16(17-8-10-18(28-3)11-9-17)12-13-24-21(23-2)25-14-15-29(26,27)20-7-5-4-6-19(20)22;/h4-11,16H,12-15H2,1-3H3,(H2,23,24,25);1H. The van der Waals surface area contributed by atoms with Crippen LogP contribution in [0.5, 0.6) is 5.75 Å². The number of sulfone groups is 1. The fraction of sp³-hybridized carbons (Fsp3) is 0.381. The summed E-state index contributed by atoms with van der Waals surface area (Å²) >= 11 is 0. The van der Waals surface area contributed by atoms with Crippen LogP contribution in [0.4, 0.5) is 4.39 Å². The van der Waals surface area contributed by atoms with Gasteiger partial charge in [0.05, 0.1) is 12.9 Å². The summed E-state index contributed by atoms with van der Waals surface area (Å²) in [7, 11) is -0.441. The van der Waals surface area contributed by atoms with Crippen LogP contribution < -0.4 is 15.4 Å². The number of benzene rings is 2. The van der Waals surface area contributed by atoms with Crippen molar-refractivity contribution in [3.8, 4) is 5.75 Å². The fourth-order valence-electron chi connectivity index (χ4n) is 2.84. The molecule has 2 aromatic carbocycles. The minimum atomic E-state index is -3.70. The molecular formula is C21H29FIN3O3S. The van der Waals surface area contributed by atoms with E-state index < -0.39 is 15.7 Å². The van der Waals surface area contributed by atoms with Gasteiger partial charge in [-0.25, -0.2) is 12.8 Å². The van der Waals surface area contributed by atoms with E-state index in [2.05, 4.69) is 22.5 Å². The summed E-state index contributed by atoms with van der Waals surface area (Å²) in [5, 5.41) is 6.14. The Morgan fingerprint density at radius 1 is 1.10 bits per heavy atom. The lowest BCUT2D eigenvalue weighted by Gasteiger charge is -2.15. The van der Waals surface area contributed by atoms with E-state index in [1.165, 1.54) is 23.8 Å². The average Bonchev–Trinajstić information content (AvgIpc) is 2.72. The summed E-state index contributed by atoms with van der Waals surface area (Å²) in [6.45, 7) is 2.94. The number of guanidine groups is 1. The van der Waals surface area contributed by atoms with Crippen LogP contribution in [0.2, 0.25) is 0 Å². The molecule has 0 bridgehead atoms. The van der Waals surface area contributed by atoms with Crippen LogP contribution >= 0.6 is 24.0 Å². The van der Waals surface area contributed by atoms with Crippen molar-refractivity contribution in [1.82, 2.24) is 10.6 Å². The lowest BCUT2D eigenvalue weighted by molar-refractivity contribution is 0.414. The minimum absolute atomic E-state index is 0. The van der Waals surface area contributed by atoms with Crippen molar-refractivity contribution in [2.45, 2.75) is 24.2 Å². The number of hydrogen-bond acceptors (Lipinski definition) is 4. The van der Waals surface area contributed by atoms with E-state index in [-0.39, 0.29) is 41.2 Å². The Balaban J connectivity index is 0.00000450. The Hall–Kier alpha value is -1.88. The van der Waals surface area contributed by atoms with Crippen LogP contribution in [0.15, 0.2) is 58.4 Å². The Labute approximate surface area is 195 Å². The topological polar surface area (TPSA) is 79.8 Å². The highest BCUT2D eigenvalue weighted by atomic mass is 127. The van der Waals surface area contributed by atoms with Gasteiger partial charge in [-0.3, -0.25) is 4.99 Å². The van der Waals surface area contributed by atoms with Gasteiger partial charge in [0, 0.05) is 20.1 Å². The molecule has 0 aromatic heterocycles. The van der Waals surface area contributed by atoms with E-state index in [0.29, 0.717) is 18.4 Å². The number of nitrogens with one attached hydrogen (secondary N) is 2. The van der Waals surface area contributed by atoms with Crippen LogP contribution in [0.25, 0.3) is 0 Å². The maximum absolute atomic E-state index is 13.7. The van der Waals surface area contributed by atoms with Gasteiger partial charge in [0.2, 0.25) is 0 Å². The van der Waals surface area contributed by atoms with Gasteiger partial charge in [0.15, 0.2) is 15.8 Å². The first-order chi connectivity index (χ1) is 13.9. The summed E-state index contributed by atoms with van der Waals surface area (Å²) < 4.78 is 43.5. The van der Waals surface area contributed by atoms with E-state index in [1.54, 1.807) is 14.2 Å². The second-order valence-corrected chi connectivity index (χ2v) is 8.72. The molecule has 1 atom stereocenters. The number of rotatable bonds is 9. The Kier molecular flexibility index (Phi) is 11.1. The number of aliphatic imine (C=N–C) groups is 1. The number of halogens is 2. The zero-order valence-corrected chi connectivity index (χ0v) is 20.5. The van der Waals surface area contributed by atoms with Gasteiger partial charge < -0.3 is 15.4 Å². The predicted octanol–water partition coefficient (Wildman–Crippen LogP) is 3.58. The normalized spacial score (nSPS) is 12.6. The molecule has 2 rings (SSSR count). The van der Waals surface area contributed by atoms with E-state index in [1.807, 2.05) is 24.3 Å². The SMILES string of the molecule is CN=C(NCCC(C)c1ccc(OC)cc1)NCCS(=O)(=O)c1ccccc1F.I. The summed E-state index contributed by atoms with van der Waals surface area (Å²) in [6, 6.07) is 13.4. The molecule has 2 aromatic rings.